The summed E-state index contributed by atoms with van der Waals surface area (Å²) in [6, 6.07) is 6.08. The fourth-order valence-electron chi connectivity index (χ4n) is 3.21. The van der Waals surface area contributed by atoms with Crippen LogP contribution in [0.25, 0.3) is 0 Å². The van der Waals surface area contributed by atoms with Crippen LogP contribution in [0.5, 0.6) is 0 Å². The number of benzene rings is 1. The lowest BCUT2D eigenvalue weighted by Gasteiger charge is -2.39. The van der Waals surface area contributed by atoms with E-state index in [1.807, 2.05) is 0 Å². The van der Waals surface area contributed by atoms with Gasteiger partial charge < -0.3 is 0 Å². The normalized spacial score (nSPS) is 16.8. The number of nitrogens with zero attached hydrogens (tertiary/aromatic N) is 1. The molecule has 1 aromatic rings. The predicted octanol–water partition coefficient (Wildman–Crippen LogP) is 3.66. The quantitative estimate of drug-likeness (QED) is 0.756. The maximum absolute atomic E-state index is 13.3. The maximum atomic E-state index is 13.3. The molecule has 0 aromatic heterocycles. The predicted molar refractivity (Wildman–Crippen MR) is 74.9 cm³/mol. The average Bonchev–Trinajstić information content (AvgIpc) is 2.95. The highest BCUT2D eigenvalue weighted by atomic mass is 19.1. The third-order valence-electron chi connectivity index (χ3n) is 4.39. The van der Waals surface area contributed by atoms with E-state index in [9.17, 15) is 9.18 Å². The first-order chi connectivity index (χ1) is 9.14. The summed E-state index contributed by atoms with van der Waals surface area (Å²) in [5.41, 5.74) is 0.0419. The highest BCUT2D eigenvalue weighted by Gasteiger charge is 2.42. The molecule has 2 nitrogen and oxygen atoms in total. The van der Waals surface area contributed by atoms with Crippen molar-refractivity contribution in [3.63, 3.8) is 0 Å². The number of carbonyl (C=O) groups excluding carboxylic acids is 1. The first-order valence-electron chi connectivity index (χ1n) is 7.19. The molecular weight excluding hydrogens is 241 g/mol. The zero-order valence-electron chi connectivity index (χ0n) is 11.8. The van der Waals surface area contributed by atoms with Gasteiger partial charge in [-0.25, -0.2) is 4.39 Å². The Morgan fingerprint density at radius 3 is 2.42 bits per heavy atom. The molecule has 0 atom stereocenters. The van der Waals surface area contributed by atoms with Crippen molar-refractivity contribution in [2.24, 2.45) is 0 Å². The molecule has 0 unspecified atom stereocenters. The number of Topliss-reactive ketones (excluding diaryl/α,β-unsaturated/α-hetero) is 1. The molecule has 0 amide bonds. The smallest absolute Gasteiger partial charge is 0.183 e. The summed E-state index contributed by atoms with van der Waals surface area (Å²) >= 11 is 0. The van der Waals surface area contributed by atoms with Crippen molar-refractivity contribution in [3.8, 4) is 0 Å². The number of carbonyl (C=O) groups is 1. The lowest BCUT2D eigenvalue weighted by atomic mass is 9.82. The Labute approximate surface area is 114 Å². The van der Waals surface area contributed by atoms with Crippen molar-refractivity contribution >= 4 is 5.78 Å². The Balaban J connectivity index is 2.35. The first-order valence-corrected chi connectivity index (χ1v) is 7.19. The molecule has 0 saturated carbocycles. The van der Waals surface area contributed by atoms with Gasteiger partial charge in [0.05, 0.1) is 5.54 Å². The maximum Gasteiger partial charge on any atom is 0.183 e. The van der Waals surface area contributed by atoms with Gasteiger partial charge in [-0.05, 0) is 50.9 Å². The van der Waals surface area contributed by atoms with Gasteiger partial charge in [-0.1, -0.05) is 26.0 Å². The third kappa shape index (κ3) is 2.57. The topological polar surface area (TPSA) is 20.3 Å². The van der Waals surface area contributed by atoms with E-state index in [2.05, 4.69) is 18.7 Å². The molecule has 104 valence electrons. The van der Waals surface area contributed by atoms with Gasteiger partial charge in [-0.2, -0.15) is 0 Å². The van der Waals surface area contributed by atoms with Crippen molar-refractivity contribution < 1.29 is 9.18 Å². The summed E-state index contributed by atoms with van der Waals surface area (Å²) in [5, 5.41) is 0. The molecule has 1 saturated heterocycles. The second-order valence-corrected chi connectivity index (χ2v) is 5.27. The number of hydrogen-bond acceptors (Lipinski definition) is 2. The second kappa shape index (κ2) is 5.83. The molecule has 0 radical (unpaired) electrons. The second-order valence-electron chi connectivity index (χ2n) is 5.27. The SMILES string of the molecule is CCC(CC)(C(=O)c1cccc(F)c1)N1CCCC1. The molecule has 0 bridgehead atoms. The minimum atomic E-state index is -0.454. The molecular formula is C16H22FNO. The van der Waals surface area contributed by atoms with Gasteiger partial charge in [0.25, 0.3) is 0 Å². The van der Waals surface area contributed by atoms with E-state index in [0.29, 0.717) is 5.56 Å². The highest BCUT2D eigenvalue weighted by molar-refractivity contribution is 6.03. The van der Waals surface area contributed by atoms with Crippen LogP contribution in [-0.4, -0.2) is 29.3 Å². The Morgan fingerprint density at radius 2 is 1.89 bits per heavy atom. The van der Waals surface area contributed by atoms with Crippen LogP contribution in [0.3, 0.4) is 0 Å². The third-order valence-corrected chi connectivity index (χ3v) is 4.39. The van der Waals surface area contributed by atoms with E-state index in [4.69, 9.17) is 0 Å². The van der Waals surface area contributed by atoms with E-state index < -0.39 is 5.54 Å². The summed E-state index contributed by atoms with van der Waals surface area (Å²) in [4.78, 5) is 15.2. The first kappa shape index (κ1) is 14.2. The van der Waals surface area contributed by atoms with Gasteiger partial charge >= 0.3 is 0 Å². The summed E-state index contributed by atoms with van der Waals surface area (Å²) in [6.07, 6.45) is 3.86. The van der Waals surface area contributed by atoms with Crippen LogP contribution in [0.15, 0.2) is 24.3 Å². The Bertz CT molecular complexity index is 448. The van der Waals surface area contributed by atoms with Crippen LogP contribution in [0.4, 0.5) is 4.39 Å². The van der Waals surface area contributed by atoms with E-state index in [1.54, 1.807) is 12.1 Å². The van der Waals surface area contributed by atoms with Gasteiger partial charge in [0, 0.05) is 5.56 Å². The molecule has 0 spiro atoms. The minimum absolute atomic E-state index is 0.0684. The van der Waals surface area contributed by atoms with E-state index >= 15 is 0 Å². The fraction of sp³-hybridized carbons (Fsp3) is 0.562. The summed E-state index contributed by atoms with van der Waals surface area (Å²) in [5.74, 6) is -0.271. The van der Waals surface area contributed by atoms with Gasteiger partial charge in [-0.15, -0.1) is 0 Å². The van der Waals surface area contributed by atoms with Crippen LogP contribution < -0.4 is 0 Å². The monoisotopic (exact) mass is 263 g/mol. The number of halogens is 1. The summed E-state index contributed by atoms with van der Waals surface area (Å²) in [7, 11) is 0. The van der Waals surface area contributed by atoms with Gasteiger partial charge in [0.1, 0.15) is 5.82 Å². The number of hydrogen-bond donors (Lipinski definition) is 0. The average molecular weight is 263 g/mol. The van der Waals surface area contributed by atoms with E-state index in [0.717, 1.165) is 38.8 Å². The molecule has 1 aromatic carbocycles. The molecule has 1 heterocycles. The lowest BCUT2D eigenvalue weighted by molar-refractivity contribution is 0.0581. The lowest BCUT2D eigenvalue weighted by Crippen LogP contribution is -2.52. The standard InChI is InChI=1S/C16H22FNO/c1-3-16(4-2,18-10-5-6-11-18)15(19)13-8-7-9-14(17)12-13/h7-9,12H,3-6,10-11H2,1-2H3. The fourth-order valence-corrected chi connectivity index (χ4v) is 3.21. The van der Waals surface area contributed by atoms with Crippen LogP contribution >= 0.6 is 0 Å². The molecule has 1 aliphatic rings. The van der Waals surface area contributed by atoms with Crippen LogP contribution in [0, 0.1) is 5.82 Å². The molecule has 2 rings (SSSR count). The Kier molecular flexibility index (Phi) is 4.35. The molecule has 1 aliphatic heterocycles. The van der Waals surface area contributed by atoms with E-state index in [1.165, 1.54) is 12.1 Å². The van der Waals surface area contributed by atoms with Crippen molar-refractivity contribution in [1.29, 1.82) is 0 Å². The van der Waals surface area contributed by atoms with Crippen molar-refractivity contribution in [2.75, 3.05) is 13.1 Å². The van der Waals surface area contributed by atoms with Gasteiger partial charge in [0.15, 0.2) is 5.78 Å². The number of likely N-dealkylation sites (tertiary alicyclic amines) is 1. The molecule has 19 heavy (non-hydrogen) atoms. The number of ketones is 1. The van der Waals surface area contributed by atoms with Gasteiger partial charge in [0.2, 0.25) is 0 Å². The largest absolute Gasteiger partial charge is 0.292 e. The molecule has 0 N–H and O–H groups in total. The Morgan fingerprint density at radius 1 is 1.26 bits per heavy atom. The van der Waals surface area contributed by atoms with E-state index in [-0.39, 0.29) is 11.6 Å². The highest BCUT2D eigenvalue weighted by Crippen LogP contribution is 2.31. The molecule has 1 fully saturated rings. The van der Waals surface area contributed by atoms with Crippen molar-refractivity contribution in [1.82, 2.24) is 4.90 Å². The zero-order valence-corrected chi connectivity index (χ0v) is 11.8. The minimum Gasteiger partial charge on any atom is -0.292 e. The summed E-state index contributed by atoms with van der Waals surface area (Å²) < 4.78 is 13.3. The Hall–Kier alpha value is -1.22. The molecule has 0 aliphatic carbocycles. The molecule has 3 heteroatoms. The van der Waals surface area contributed by atoms with Crippen molar-refractivity contribution in [3.05, 3.63) is 35.6 Å². The number of rotatable bonds is 5. The van der Waals surface area contributed by atoms with Gasteiger partial charge in [-0.3, -0.25) is 9.69 Å². The van der Waals surface area contributed by atoms with Crippen LogP contribution in [0.1, 0.15) is 49.9 Å². The van der Waals surface area contributed by atoms with Crippen molar-refractivity contribution in [2.45, 2.75) is 45.1 Å². The van der Waals surface area contributed by atoms with Crippen LogP contribution in [0.2, 0.25) is 0 Å². The summed E-state index contributed by atoms with van der Waals surface area (Å²) in [6.45, 7) is 6.06. The van der Waals surface area contributed by atoms with Crippen LogP contribution in [-0.2, 0) is 0 Å². The zero-order chi connectivity index (χ0) is 13.9.